The van der Waals surface area contributed by atoms with Gasteiger partial charge in [0.2, 0.25) is 10.0 Å². The third-order valence-corrected chi connectivity index (χ3v) is 5.19. The molecule has 0 radical (unpaired) electrons. The molecule has 0 aliphatic rings. The first-order valence-electron chi connectivity index (χ1n) is 5.27. The molecule has 0 spiro atoms. The standard InChI is InChI=1S/C10H9Cl2FN4O2S/c1-17(4-9-14-5-15-16-9)20(18,19)10-7(11)2-6(13)3-8(10)12/h2-3,5H,4H2,1H3,(H,14,15,16). The first-order valence-corrected chi connectivity index (χ1v) is 7.47. The van der Waals surface area contributed by atoms with Crippen LogP contribution in [0, 0.1) is 5.82 Å². The summed E-state index contributed by atoms with van der Waals surface area (Å²) in [4.78, 5) is 3.48. The average Bonchev–Trinajstić information content (AvgIpc) is 2.79. The van der Waals surface area contributed by atoms with Gasteiger partial charge in [0.25, 0.3) is 0 Å². The first kappa shape index (κ1) is 15.2. The van der Waals surface area contributed by atoms with Gasteiger partial charge in [-0.15, -0.1) is 0 Å². The number of benzene rings is 1. The molecular formula is C10H9Cl2FN4O2S. The number of rotatable bonds is 4. The fraction of sp³-hybridized carbons (Fsp3) is 0.200. The maximum Gasteiger partial charge on any atom is 0.246 e. The van der Waals surface area contributed by atoms with Crippen LogP contribution in [0.3, 0.4) is 0 Å². The van der Waals surface area contributed by atoms with Crippen LogP contribution in [0.25, 0.3) is 0 Å². The van der Waals surface area contributed by atoms with Gasteiger partial charge in [0, 0.05) is 7.05 Å². The molecular weight excluding hydrogens is 330 g/mol. The molecule has 0 atom stereocenters. The molecule has 1 aromatic heterocycles. The van der Waals surface area contributed by atoms with Crippen molar-refractivity contribution in [3.05, 3.63) is 40.1 Å². The molecule has 0 aliphatic carbocycles. The third-order valence-electron chi connectivity index (χ3n) is 2.47. The Morgan fingerprint density at radius 1 is 1.35 bits per heavy atom. The van der Waals surface area contributed by atoms with Crippen LogP contribution in [-0.2, 0) is 16.6 Å². The number of nitrogens with one attached hydrogen (secondary N) is 1. The lowest BCUT2D eigenvalue weighted by molar-refractivity contribution is 0.457. The quantitative estimate of drug-likeness (QED) is 0.925. The molecule has 0 fully saturated rings. The van der Waals surface area contributed by atoms with E-state index in [4.69, 9.17) is 23.2 Å². The van der Waals surface area contributed by atoms with Crippen molar-refractivity contribution < 1.29 is 12.8 Å². The second-order valence-electron chi connectivity index (χ2n) is 3.89. The molecule has 10 heteroatoms. The Balaban J connectivity index is 2.40. The van der Waals surface area contributed by atoms with Gasteiger partial charge in [-0.2, -0.15) is 9.40 Å². The Kier molecular flexibility index (Phi) is 4.28. The fourth-order valence-electron chi connectivity index (χ4n) is 1.53. The SMILES string of the molecule is CN(Cc1ncn[nH]1)S(=O)(=O)c1c(Cl)cc(F)cc1Cl. The molecule has 0 saturated carbocycles. The monoisotopic (exact) mass is 338 g/mol. The van der Waals surface area contributed by atoms with E-state index in [0.717, 1.165) is 16.4 Å². The van der Waals surface area contributed by atoms with E-state index in [1.54, 1.807) is 0 Å². The average molecular weight is 339 g/mol. The zero-order valence-corrected chi connectivity index (χ0v) is 12.5. The normalized spacial score (nSPS) is 12.1. The van der Waals surface area contributed by atoms with Crippen molar-refractivity contribution in [2.45, 2.75) is 11.4 Å². The van der Waals surface area contributed by atoms with Crippen LogP contribution in [0.1, 0.15) is 5.82 Å². The molecule has 20 heavy (non-hydrogen) atoms. The second kappa shape index (κ2) is 5.65. The van der Waals surface area contributed by atoms with E-state index in [1.165, 1.54) is 13.4 Å². The number of aromatic amines is 1. The molecule has 2 rings (SSSR count). The van der Waals surface area contributed by atoms with E-state index in [9.17, 15) is 12.8 Å². The minimum atomic E-state index is -3.98. The van der Waals surface area contributed by atoms with Gasteiger partial charge in [0.05, 0.1) is 16.6 Å². The Hall–Kier alpha value is -1.22. The van der Waals surface area contributed by atoms with Gasteiger partial charge in [-0.3, -0.25) is 5.10 Å². The van der Waals surface area contributed by atoms with Gasteiger partial charge in [-0.1, -0.05) is 23.2 Å². The lowest BCUT2D eigenvalue weighted by Crippen LogP contribution is -2.27. The summed E-state index contributed by atoms with van der Waals surface area (Å²) in [6, 6.07) is 1.78. The highest BCUT2D eigenvalue weighted by molar-refractivity contribution is 7.89. The number of hydrogen-bond donors (Lipinski definition) is 1. The van der Waals surface area contributed by atoms with Crippen molar-refractivity contribution in [3.8, 4) is 0 Å². The van der Waals surface area contributed by atoms with Crippen molar-refractivity contribution in [1.82, 2.24) is 19.5 Å². The van der Waals surface area contributed by atoms with E-state index in [0.29, 0.717) is 5.82 Å². The number of H-pyrrole nitrogens is 1. The van der Waals surface area contributed by atoms with Crippen molar-refractivity contribution in [2.75, 3.05) is 7.05 Å². The van der Waals surface area contributed by atoms with Crippen molar-refractivity contribution >= 4 is 33.2 Å². The summed E-state index contributed by atoms with van der Waals surface area (Å²) in [5, 5.41) is 5.60. The summed E-state index contributed by atoms with van der Waals surface area (Å²) >= 11 is 11.6. The predicted molar refractivity (Wildman–Crippen MR) is 71.5 cm³/mol. The van der Waals surface area contributed by atoms with E-state index in [2.05, 4.69) is 15.2 Å². The van der Waals surface area contributed by atoms with Gasteiger partial charge in [-0.25, -0.2) is 17.8 Å². The zero-order chi connectivity index (χ0) is 14.9. The van der Waals surface area contributed by atoms with Crippen molar-refractivity contribution in [1.29, 1.82) is 0 Å². The molecule has 108 valence electrons. The summed E-state index contributed by atoms with van der Waals surface area (Å²) in [5.41, 5.74) is 0. The van der Waals surface area contributed by atoms with Crippen molar-refractivity contribution in [2.24, 2.45) is 0 Å². The molecule has 0 amide bonds. The van der Waals surface area contributed by atoms with Crippen LogP contribution in [0.15, 0.2) is 23.4 Å². The maximum atomic E-state index is 13.1. The van der Waals surface area contributed by atoms with E-state index >= 15 is 0 Å². The van der Waals surface area contributed by atoms with E-state index in [-0.39, 0.29) is 21.5 Å². The summed E-state index contributed by atoms with van der Waals surface area (Å²) in [6.45, 7) is -0.0492. The van der Waals surface area contributed by atoms with Gasteiger partial charge in [0.15, 0.2) is 0 Å². The number of sulfonamides is 1. The van der Waals surface area contributed by atoms with E-state index in [1.807, 2.05) is 0 Å². The summed E-state index contributed by atoms with van der Waals surface area (Å²) < 4.78 is 38.9. The topological polar surface area (TPSA) is 79.0 Å². The minimum Gasteiger partial charge on any atom is -0.262 e. The van der Waals surface area contributed by atoms with Crippen LogP contribution in [0.4, 0.5) is 4.39 Å². The van der Waals surface area contributed by atoms with Crippen LogP contribution in [0.2, 0.25) is 10.0 Å². The highest BCUT2D eigenvalue weighted by Gasteiger charge is 2.27. The number of aromatic nitrogens is 3. The number of halogens is 3. The molecule has 1 aromatic carbocycles. The third kappa shape index (κ3) is 2.93. The van der Waals surface area contributed by atoms with Crippen LogP contribution in [-0.4, -0.2) is 35.0 Å². The molecule has 1 heterocycles. The highest BCUT2D eigenvalue weighted by Crippen LogP contribution is 2.32. The molecule has 1 N–H and O–H groups in total. The Morgan fingerprint density at radius 3 is 2.45 bits per heavy atom. The highest BCUT2D eigenvalue weighted by atomic mass is 35.5. The molecule has 0 saturated heterocycles. The molecule has 2 aromatic rings. The second-order valence-corrected chi connectivity index (χ2v) is 6.69. The minimum absolute atomic E-state index is 0.0492. The Morgan fingerprint density at radius 2 is 1.95 bits per heavy atom. The van der Waals surface area contributed by atoms with Crippen LogP contribution in [0.5, 0.6) is 0 Å². The Labute approximate surface area is 124 Å². The summed E-state index contributed by atoms with van der Waals surface area (Å²) in [7, 11) is -2.65. The van der Waals surface area contributed by atoms with Gasteiger partial charge >= 0.3 is 0 Å². The largest absolute Gasteiger partial charge is 0.262 e. The molecule has 0 aliphatic heterocycles. The van der Waals surface area contributed by atoms with Gasteiger partial charge in [-0.05, 0) is 12.1 Å². The van der Waals surface area contributed by atoms with Crippen molar-refractivity contribution in [3.63, 3.8) is 0 Å². The summed E-state index contributed by atoms with van der Waals surface area (Å²) in [6.07, 6.45) is 1.26. The summed E-state index contributed by atoms with van der Waals surface area (Å²) in [5.74, 6) is -0.359. The molecule has 6 nitrogen and oxygen atoms in total. The fourth-order valence-corrected chi connectivity index (χ4v) is 3.79. The number of nitrogens with zero attached hydrogens (tertiary/aromatic N) is 3. The van der Waals surface area contributed by atoms with Gasteiger partial charge in [0.1, 0.15) is 22.9 Å². The molecule has 0 bridgehead atoms. The molecule has 0 unspecified atom stereocenters. The van der Waals surface area contributed by atoms with E-state index < -0.39 is 15.8 Å². The maximum absolute atomic E-state index is 13.1. The first-order chi connectivity index (χ1) is 9.32. The zero-order valence-electron chi connectivity index (χ0n) is 10.1. The smallest absolute Gasteiger partial charge is 0.246 e. The van der Waals surface area contributed by atoms with Crippen LogP contribution < -0.4 is 0 Å². The predicted octanol–water partition coefficient (Wildman–Crippen LogP) is 2.07. The van der Waals surface area contributed by atoms with Crippen LogP contribution >= 0.6 is 23.2 Å². The lowest BCUT2D eigenvalue weighted by atomic mass is 10.3. The Bertz CT molecular complexity index is 698. The number of hydrogen-bond acceptors (Lipinski definition) is 4. The van der Waals surface area contributed by atoms with Gasteiger partial charge < -0.3 is 0 Å². The lowest BCUT2D eigenvalue weighted by Gasteiger charge is -2.17.